The summed E-state index contributed by atoms with van der Waals surface area (Å²) in [5.41, 5.74) is 2.48. The second-order valence-electron chi connectivity index (χ2n) is 5.52. The number of rotatable bonds is 3. The van der Waals surface area contributed by atoms with Gasteiger partial charge in [-0.3, -0.25) is 0 Å². The molecule has 1 aromatic heterocycles. The lowest BCUT2D eigenvalue weighted by Gasteiger charge is -2.07. The van der Waals surface area contributed by atoms with E-state index in [-0.39, 0.29) is 12.0 Å². The number of nitrogens with zero attached hydrogens (tertiary/aromatic N) is 1. The average molecular weight is 220 g/mol. The van der Waals surface area contributed by atoms with Crippen molar-refractivity contribution in [3.8, 4) is 0 Å². The third-order valence-electron chi connectivity index (χ3n) is 4.32. The standard InChI is InChI=1S/C13H20N2O/c1-9-11(10-4-2-3-5-10)15-12(14-9)13(8-16)6-7-13/h10,16H,2-8H2,1H3,(H,14,15). The molecule has 0 aromatic carbocycles. The van der Waals surface area contributed by atoms with Crippen LogP contribution in [-0.4, -0.2) is 21.7 Å². The Kier molecular flexibility index (Phi) is 2.32. The van der Waals surface area contributed by atoms with Crippen molar-refractivity contribution in [3.63, 3.8) is 0 Å². The molecule has 0 atom stereocenters. The lowest BCUT2D eigenvalue weighted by molar-refractivity contribution is 0.250. The van der Waals surface area contributed by atoms with Crippen molar-refractivity contribution in [3.05, 3.63) is 17.2 Å². The molecular formula is C13H20N2O. The molecule has 16 heavy (non-hydrogen) atoms. The summed E-state index contributed by atoms with van der Waals surface area (Å²) < 4.78 is 0. The van der Waals surface area contributed by atoms with Gasteiger partial charge in [-0.15, -0.1) is 0 Å². The zero-order valence-electron chi connectivity index (χ0n) is 9.92. The normalized spacial score (nSPS) is 23.9. The van der Waals surface area contributed by atoms with Crippen LogP contribution < -0.4 is 0 Å². The van der Waals surface area contributed by atoms with Crippen LogP contribution in [0.2, 0.25) is 0 Å². The van der Waals surface area contributed by atoms with Crippen LogP contribution in [0.25, 0.3) is 0 Å². The Morgan fingerprint density at radius 1 is 1.38 bits per heavy atom. The minimum atomic E-state index is -0.0123. The number of aliphatic hydroxyl groups is 1. The zero-order chi connectivity index (χ0) is 11.2. The molecule has 3 nitrogen and oxygen atoms in total. The van der Waals surface area contributed by atoms with Crippen molar-refractivity contribution < 1.29 is 5.11 Å². The number of hydrogen-bond donors (Lipinski definition) is 2. The first-order valence-electron chi connectivity index (χ1n) is 6.43. The summed E-state index contributed by atoms with van der Waals surface area (Å²) >= 11 is 0. The number of hydrogen-bond acceptors (Lipinski definition) is 2. The van der Waals surface area contributed by atoms with Crippen LogP contribution in [0.4, 0.5) is 0 Å². The molecule has 0 saturated heterocycles. The molecule has 1 heterocycles. The van der Waals surface area contributed by atoms with E-state index >= 15 is 0 Å². The molecule has 2 fully saturated rings. The first kappa shape index (κ1) is 10.3. The Hall–Kier alpha value is -0.830. The lowest BCUT2D eigenvalue weighted by atomic mass is 10.0. The lowest BCUT2D eigenvalue weighted by Crippen LogP contribution is -2.14. The fourth-order valence-electron chi connectivity index (χ4n) is 2.94. The van der Waals surface area contributed by atoms with Crippen molar-refractivity contribution in [1.82, 2.24) is 9.97 Å². The summed E-state index contributed by atoms with van der Waals surface area (Å²) in [5, 5.41) is 9.42. The van der Waals surface area contributed by atoms with Crippen LogP contribution in [0.3, 0.4) is 0 Å². The SMILES string of the molecule is Cc1[nH]c(C2(CO)CC2)nc1C1CCCC1. The molecule has 2 saturated carbocycles. The maximum Gasteiger partial charge on any atom is 0.115 e. The van der Waals surface area contributed by atoms with E-state index < -0.39 is 0 Å². The molecule has 0 spiro atoms. The Morgan fingerprint density at radius 3 is 2.62 bits per heavy atom. The molecular weight excluding hydrogens is 200 g/mol. The maximum absolute atomic E-state index is 9.42. The predicted molar refractivity (Wildman–Crippen MR) is 62.5 cm³/mol. The number of nitrogens with one attached hydrogen (secondary N) is 1. The highest BCUT2D eigenvalue weighted by Crippen LogP contribution is 2.47. The van der Waals surface area contributed by atoms with Crippen LogP contribution in [-0.2, 0) is 5.41 Å². The van der Waals surface area contributed by atoms with E-state index in [2.05, 4.69) is 11.9 Å². The van der Waals surface area contributed by atoms with Gasteiger partial charge in [0, 0.05) is 11.6 Å². The maximum atomic E-state index is 9.42. The van der Waals surface area contributed by atoms with E-state index in [1.165, 1.54) is 37.1 Å². The third kappa shape index (κ3) is 1.49. The molecule has 3 heteroatoms. The van der Waals surface area contributed by atoms with Crippen LogP contribution in [0.15, 0.2) is 0 Å². The van der Waals surface area contributed by atoms with Crippen molar-refractivity contribution in [2.24, 2.45) is 0 Å². The molecule has 0 radical (unpaired) electrons. The van der Waals surface area contributed by atoms with Crippen molar-refractivity contribution in [1.29, 1.82) is 0 Å². The molecule has 2 aliphatic rings. The quantitative estimate of drug-likeness (QED) is 0.821. The van der Waals surface area contributed by atoms with Crippen LogP contribution in [0.5, 0.6) is 0 Å². The van der Waals surface area contributed by atoms with Gasteiger partial charge in [-0.2, -0.15) is 0 Å². The first-order chi connectivity index (χ1) is 7.75. The molecule has 3 rings (SSSR count). The highest BCUT2D eigenvalue weighted by molar-refractivity contribution is 5.26. The van der Waals surface area contributed by atoms with Gasteiger partial charge in [0.05, 0.1) is 17.7 Å². The fourth-order valence-corrected chi connectivity index (χ4v) is 2.94. The van der Waals surface area contributed by atoms with E-state index in [4.69, 9.17) is 4.98 Å². The number of aliphatic hydroxyl groups excluding tert-OH is 1. The molecule has 1 aromatic rings. The second kappa shape index (κ2) is 3.59. The summed E-state index contributed by atoms with van der Waals surface area (Å²) in [6.07, 6.45) is 7.44. The number of H-pyrrole nitrogens is 1. The van der Waals surface area contributed by atoms with E-state index in [1.807, 2.05) is 0 Å². The van der Waals surface area contributed by atoms with Crippen LogP contribution in [0.1, 0.15) is 61.7 Å². The zero-order valence-corrected chi connectivity index (χ0v) is 9.92. The summed E-state index contributed by atoms with van der Waals surface area (Å²) in [5.74, 6) is 1.70. The summed E-state index contributed by atoms with van der Waals surface area (Å²) in [6, 6.07) is 0. The van der Waals surface area contributed by atoms with E-state index in [0.717, 1.165) is 18.7 Å². The minimum absolute atomic E-state index is 0.0123. The van der Waals surface area contributed by atoms with E-state index in [1.54, 1.807) is 0 Å². The topological polar surface area (TPSA) is 48.9 Å². The summed E-state index contributed by atoms with van der Waals surface area (Å²) in [7, 11) is 0. The monoisotopic (exact) mass is 220 g/mol. The summed E-state index contributed by atoms with van der Waals surface area (Å²) in [4.78, 5) is 8.19. The van der Waals surface area contributed by atoms with Gasteiger partial charge in [-0.25, -0.2) is 4.98 Å². The molecule has 0 aliphatic heterocycles. The van der Waals surface area contributed by atoms with Crippen molar-refractivity contribution in [2.75, 3.05) is 6.61 Å². The van der Waals surface area contributed by atoms with Gasteiger partial charge < -0.3 is 10.1 Å². The van der Waals surface area contributed by atoms with Crippen molar-refractivity contribution in [2.45, 2.75) is 56.8 Å². The molecule has 2 N–H and O–H groups in total. The number of aromatic nitrogens is 2. The number of aryl methyl sites for hydroxylation is 1. The number of imidazole rings is 1. The molecule has 0 unspecified atom stereocenters. The van der Waals surface area contributed by atoms with Gasteiger partial charge in [0.25, 0.3) is 0 Å². The van der Waals surface area contributed by atoms with Crippen LogP contribution in [0, 0.1) is 6.92 Å². The fraction of sp³-hybridized carbons (Fsp3) is 0.769. The summed E-state index contributed by atoms with van der Waals surface area (Å²) in [6.45, 7) is 2.36. The van der Waals surface area contributed by atoms with Gasteiger partial charge >= 0.3 is 0 Å². The van der Waals surface area contributed by atoms with Crippen molar-refractivity contribution >= 4 is 0 Å². The van der Waals surface area contributed by atoms with Gasteiger partial charge in [0.1, 0.15) is 5.82 Å². The van der Waals surface area contributed by atoms with Crippen LogP contribution >= 0.6 is 0 Å². The molecule has 0 bridgehead atoms. The molecule has 0 amide bonds. The smallest absolute Gasteiger partial charge is 0.115 e. The van der Waals surface area contributed by atoms with Gasteiger partial charge in [0.15, 0.2) is 0 Å². The van der Waals surface area contributed by atoms with Gasteiger partial charge in [-0.1, -0.05) is 12.8 Å². The van der Waals surface area contributed by atoms with Gasteiger partial charge in [-0.05, 0) is 32.6 Å². The first-order valence-corrected chi connectivity index (χ1v) is 6.43. The van der Waals surface area contributed by atoms with Gasteiger partial charge in [0.2, 0.25) is 0 Å². The largest absolute Gasteiger partial charge is 0.395 e. The Labute approximate surface area is 96.3 Å². The molecule has 88 valence electrons. The predicted octanol–water partition coefficient (Wildman–Crippen LogP) is 2.40. The molecule has 2 aliphatic carbocycles. The minimum Gasteiger partial charge on any atom is -0.395 e. The van der Waals surface area contributed by atoms with E-state index in [0.29, 0.717) is 5.92 Å². The third-order valence-corrected chi connectivity index (χ3v) is 4.32. The highest BCUT2D eigenvalue weighted by Gasteiger charge is 2.47. The Balaban J connectivity index is 1.89. The Bertz CT molecular complexity index is 387. The second-order valence-corrected chi connectivity index (χ2v) is 5.52. The van der Waals surface area contributed by atoms with E-state index in [9.17, 15) is 5.11 Å². The highest BCUT2D eigenvalue weighted by atomic mass is 16.3. The number of aromatic amines is 1. The Morgan fingerprint density at radius 2 is 2.06 bits per heavy atom. The average Bonchev–Trinajstić information content (AvgIpc) is 2.73.